The number of carbonyl (C=O) groups excluding carboxylic acids is 2. The van der Waals surface area contributed by atoms with Crippen LogP contribution in [0.5, 0.6) is 5.75 Å². The van der Waals surface area contributed by atoms with Crippen molar-refractivity contribution >= 4 is 51.3 Å². The van der Waals surface area contributed by atoms with Crippen LogP contribution in [0.3, 0.4) is 0 Å². The molecule has 2 heterocycles. The normalized spacial score (nSPS) is 16.9. The number of nitrogens with one attached hydrogen (secondary N) is 2. The number of hydrogen-bond acceptors (Lipinski definition) is 7. The first-order valence-corrected chi connectivity index (χ1v) is 13.6. The van der Waals surface area contributed by atoms with Crippen LogP contribution in [0.1, 0.15) is 24.6 Å². The number of aliphatic imine (C=N–C) groups is 1. The van der Waals surface area contributed by atoms with E-state index in [2.05, 4.69) is 21.7 Å². The van der Waals surface area contributed by atoms with Gasteiger partial charge in [-0.05, 0) is 61.7 Å². The van der Waals surface area contributed by atoms with Gasteiger partial charge in [0.15, 0.2) is 0 Å². The minimum atomic E-state index is -0.692. The van der Waals surface area contributed by atoms with E-state index in [1.165, 1.54) is 23.1 Å². The number of nitriles is 1. The number of nitrogens with zero attached hydrogens (tertiary/aromatic N) is 2. The molecule has 0 aliphatic carbocycles. The van der Waals surface area contributed by atoms with E-state index in [4.69, 9.17) is 4.74 Å². The van der Waals surface area contributed by atoms with E-state index < -0.39 is 11.8 Å². The van der Waals surface area contributed by atoms with Gasteiger partial charge in [-0.3, -0.25) is 9.59 Å². The van der Waals surface area contributed by atoms with Gasteiger partial charge in [0.1, 0.15) is 11.7 Å². The molecular formula is C28H26N4O3S2. The Morgan fingerprint density at radius 3 is 2.43 bits per heavy atom. The maximum atomic E-state index is 13.4. The fourth-order valence-corrected chi connectivity index (χ4v) is 5.81. The number of thiophene rings is 1. The van der Waals surface area contributed by atoms with Gasteiger partial charge in [0.2, 0.25) is 5.91 Å². The number of ether oxygens (including phenoxy) is 1. The number of amides is 2. The molecule has 3 aromatic rings. The largest absolute Gasteiger partial charge is 0.494 e. The van der Waals surface area contributed by atoms with Crippen molar-refractivity contribution in [3.8, 4) is 11.8 Å². The minimum Gasteiger partial charge on any atom is -0.494 e. The highest BCUT2D eigenvalue weighted by molar-refractivity contribution is 8.14. The summed E-state index contributed by atoms with van der Waals surface area (Å²) in [6.07, 6.45) is 0. The average Bonchev–Trinajstić information content (AvgIpc) is 3.43. The fourth-order valence-electron chi connectivity index (χ4n) is 4.02. The molecule has 0 bridgehead atoms. The van der Waals surface area contributed by atoms with Crippen molar-refractivity contribution in [1.29, 1.82) is 5.26 Å². The Hall–Kier alpha value is -3.87. The summed E-state index contributed by atoms with van der Waals surface area (Å²) >= 11 is 2.71. The number of anilines is 2. The Balaban J connectivity index is 1.53. The predicted octanol–water partition coefficient (Wildman–Crippen LogP) is 6.07. The zero-order valence-corrected chi connectivity index (χ0v) is 22.1. The van der Waals surface area contributed by atoms with Crippen LogP contribution in [-0.4, -0.2) is 29.2 Å². The molecule has 0 spiro atoms. The zero-order chi connectivity index (χ0) is 26.2. The van der Waals surface area contributed by atoms with Crippen molar-refractivity contribution in [2.45, 2.75) is 19.8 Å². The molecule has 188 valence electrons. The van der Waals surface area contributed by atoms with Crippen molar-refractivity contribution in [2.75, 3.05) is 23.0 Å². The number of rotatable bonds is 8. The van der Waals surface area contributed by atoms with Gasteiger partial charge in [-0.25, -0.2) is 4.99 Å². The number of para-hydroxylation sites is 1. The van der Waals surface area contributed by atoms with E-state index >= 15 is 0 Å². The monoisotopic (exact) mass is 530 g/mol. The third kappa shape index (κ3) is 6.47. The summed E-state index contributed by atoms with van der Waals surface area (Å²) < 4.78 is 5.43. The van der Waals surface area contributed by atoms with Gasteiger partial charge in [0.05, 0.1) is 23.5 Å². The van der Waals surface area contributed by atoms with Crippen molar-refractivity contribution in [3.05, 3.63) is 88.3 Å². The van der Waals surface area contributed by atoms with Crippen LogP contribution in [-0.2, 0) is 9.59 Å². The summed E-state index contributed by atoms with van der Waals surface area (Å²) in [5.41, 5.74) is 2.32. The third-order valence-corrected chi connectivity index (χ3v) is 7.65. The number of benzene rings is 2. The lowest BCUT2D eigenvalue weighted by Gasteiger charge is -2.29. The van der Waals surface area contributed by atoms with Crippen molar-refractivity contribution < 1.29 is 14.3 Å². The van der Waals surface area contributed by atoms with E-state index in [0.29, 0.717) is 34.3 Å². The highest BCUT2D eigenvalue weighted by atomic mass is 32.2. The molecule has 0 saturated heterocycles. The summed E-state index contributed by atoms with van der Waals surface area (Å²) in [6, 6.07) is 22.5. The molecule has 7 nitrogen and oxygen atoms in total. The molecule has 2 N–H and O–H groups in total. The second-order valence-electron chi connectivity index (χ2n) is 8.16. The summed E-state index contributed by atoms with van der Waals surface area (Å²) in [4.78, 5) is 31.5. The van der Waals surface area contributed by atoms with Gasteiger partial charge in [-0.15, -0.1) is 11.3 Å². The quantitative estimate of drug-likeness (QED) is 0.368. The molecule has 2 unspecified atom stereocenters. The Morgan fingerprint density at radius 2 is 1.78 bits per heavy atom. The van der Waals surface area contributed by atoms with Gasteiger partial charge in [-0.2, -0.15) is 5.26 Å². The summed E-state index contributed by atoms with van der Waals surface area (Å²) in [6.45, 7) is 4.25. The second-order valence-corrected chi connectivity index (χ2v) is 10.1. The molecule has 2 amide bonds. The SMILES string of the molecule is CCOc1ccc(NC(=O)CSC2=NC(C)=C(C(=O)Nc3ccccc3)C(c3cccs3)C2C#N)cc1. The molecule has 1 aliphatic heterocycles. The zero-order valence-electron chi connectivity index (χ0n) is 20.4. The van der Waals surface area contributed by atoms with Crippen molar-refractivity contribution in [1.82, 2.24) is 0 Å². The van der Waals surface area contributed by atoms with Crippen LogP contribution in [0.4, 0.5) is 11.4 Å². The first kappa shape index (κ1) is 26.2. The average molecular weight is 531 g/mol. The van der Waals surface area contributed by atoms with Crippen LogP contribution < -0.4 is 15.4 Å². The molecule has 1 aromatic heterocycles. The van der Waals surface area contributed by atoms with Gasteiger partial charge in [0.25, 0.3) is 5.91 Å². The molecule has 2 atom stereocenters. The lowest BCUT2D eigenvalue weighted by atomic mass is 9.82. The van der Waals surface area contributed by atoms with Gasteiger partial charge in [-0.1, -0.05) is 36.0 Å². The second kappa shape index (κ2) is 12.4. The van der Waals surface area contributed by atoms with E-state index in [1.54, 1.807) is 31.2 Å². The van der Waals surface area contributed by atoms with Crippen LogP contribution >= 0.6 is 23.1 Å². The van der Waals surface area contributed by atoms with Crippen molar-refractivity contribution in [3.63, 3.8) is 0 Å². The topological polar surface area (TPSA) is 104 Å². The number of thioether (sulfide) groups is 1. The Bertz CT molecular complexity index is 1340. The van der Waals surface area contributed by atoms with Gasteiger partial charge < -0.3 is 15.4 Å². The maximum absolute atomic E-state index is 13.4. The van der Waals surface area contributed by atoms with Gasteiger partial charge >= 0.3 is 0 Å². The van der Waals surface area contributed by atoms with Crippen molar-refractivity contribution in [2.24, 2.45) is 10.9 Å². The number of carbonyl (C=O) groups is 2. The number of hydrogen-bond donors (Lipinski definition) is 2. The number of allylic oxidation sites excluding steroid dienone is 1. The predicted molar refractivity (Wildman–Crippen MR) is 150 cm³/mol. The lowest BCUT2D eigenvalue weighted by Crippen LogP contribution is -2.31. The third-order valence-electron chi connectivity index (χ3n) is 5.64. The molecule has 0 fully saturated rings. The molecule has 0 radical (unpaired) electrons. The highest BCUT2D eigenvalue weighted by Gasteiger charge is 2.39. The Morgan fingerprint density at radius 1 is 1.05 bits per heavy atom. The van der Waals surface area contributed by atoms with E-state index in [9.17, 15) is 14.9 Å². The lowest BCUT2D eigenvalue weighted by molar-refractivity contribution is -0.114. The minimum absolute atomic E-state index is 0.0835. The van der Waals surface area contributed by atoms with Crippen LogP contribution in [0.2, 0.25) is 0 Å². The molecular weight excluding hydrogens is 504 g/mol. The van der Waals surface area contributed by atoms with E-state index in [1.807, 2.05) is 54.8 Å². The van der Waals surface area contributed by atoms with E-state index in [0.717, 1.165) is 10.6 Å². The molecule has 0 saturated carbocycles. The standard InChI is InChI=1S/C28H26N4O3S2/c1-3-35-21-13-11-20(12-14-21)31-24(33)17-37-28-22(16-29)26(23-10-7-15-36-23)25(18(2)30-28)27(34)32-19-8-5-4-6-9-19/h4-15,22,26H,3,17H2,1-2H3,(H,31,33)(H,32,34). The van der Waals surface area contributed by atoms with Crippen LogP contribution in [0, 0.1) is 17.2 Å². The van der Waals surface area contributed by atoms with Gasteiger partial charge in [0, 0.05) is 33.4 Å². The maximum Gasteiger partial charge on any atom is 0.254 e. The molecule has 37 heavy (non-hydrogen) atoms. The smallest absolute Gasteiger partial charge is 0.254 e. The first-order chi connectivity index (χ1) is 18.0. The fraction of sp³-hybridized carbons (Fsp3) is 0.214. The molecule has 1 aliphatic rings. The summed E-state index contributed by atoms with van der Waals surface area (Å²) in [7, 11) is 0. The molecule has 9 heteroatoms. The first-order valence-electron chi connectivity index (χ1n) is 11.7. The summed E-state index contributed by atoms with van der Waals surface area (Å²) in [5, 5.41) is 18.4. The van der Waals surface area contributed by atoms with Crippen LogP contribution in [0.25, 0.3) is 0 Å². The highest BCUT2D eigenvalue weighted by Crippen LogP contribution is 2.43. The molecule has 2 aromatic carbocycles. The van der Waals surface area contributed by atoms with E-state index in [-0.39, 0.29) is 17.6 Å². The molecule has 4 rings (SSSR count). The Kier molecular flexibility index (Phi) is 8.77. The summed E-state index contributed by atoms with van der Waals surface area (Å²) in [5.74, 6) is -0.860. The Labute approximate surface area is 224 Å². The van der Waals surface area contributed by atoms with Crippen LogP contribution in [0.15, 0.2) is 88.4 Å².